The van der Waals surface area contributed by atoms with Crippen LogP contribution in [0.2, 0.25) is 5.02 Å². The molecule has 0 spiro atoms. The number of hydrogen-bond acceptors (Lipinski definition) is 4. The molecule has 0 aliphatic carbocycles. The Balaban J connectivity index is 1.72. The second-order valence-electron chi connectivity index (χ2n) is 5.37. The number of rotatable bonds is 3. The number of ether oxygens (including phenoxy) is 1. The van der Waals surface area contributed by atoms with Gasteiger partial charge in [-0.25, -0.2) is 0 Å². The molecule has 1 aromatic heterocycles. The zero-order chi connectivity index (χ0) is 16.4. The number of benzene rings is 1. The number of morpholine rings is 1. The molecule has 122 valence electrons. The van der Waals surface area contributed by atoms with E-state index in [-0.39, 0.29) is 11.8 Å². The Morgan fingerprint density at radius 3 is 2.70 bits per heavy atom. The highest BCUT2D eigenvalue weighted by Gasteiger charge is 2.25. The van der Waals surface area contributed by atoms with Gasteiger partial charge in [0.1, 0.15) is 10.9 Å². The van der Waals surface area contributed by atoms with Crippen LogP contribution in [0.15, 0.2) is 24.3 Å². The fraction of sp³-hybridized carbons (Fsp3) is 0.375. The monoisotopic (exact) mass is 352 g/mol. The van der Waals surface area contributed by atoms with Crippen LogP contribution in [0, 0.1) is 0 Å². The third-order valence-electron chi connectivity index (χ3n) is 3.78. The molecule has 1 aliphatic rings. The van der Waals surface area contributed by atoms with Crippen LogP contribution in [0.25, 0.3) is 10.1 Å². The average Bonchev–Trinajstić information content (AvgIpc) is 2.92. The topological polar surface area (TPSA) is 58.6 Å². The predicted molar refractivity (Wildman–Crippen MR) is 91.2 cm³/mol. The first-order chi connectivity index (χ1) is 11.1. The highest BCUT2D eigenvalue weighted by Crippen LogP contribution is 2.35. The number of nitrogens with one attached hydrogen (secondary N) is 1. The Kier molecular flexibility index (Phi) is 4.84. The first-order valence-corrected chi connectivity index (χ1v) is 8.62. The van der Waals surface area contributed by atoms with Crippen LogP contribution in [0.4, 0.5) is 0 Å². The standard InChI is InChI=1S/C16H17ClN2O3S/c1-10(16(21)19-6-8-22-9-7-19)18-15(20)14-13(17)11-4-2-3-5-12(11)23-14/h2-5,10H,6-9H2,1H3,(H,18,20). The molecule has 1 aromatic carbocycles. The molecule has 1 aliphatic heterocycles. The summed E-state index contributed by atoms with van der Waals surface area (Å²) in [6.07, 6.45) is 0. The smallest absolute Gasteiger partial charge is 0.263 e. The molecule has 2 aromatic rings. The molecule has 0 radical (unpaired) electrons. The van der Waals surface area contributed by atoms with Crippen molar-refractivity contribution in [1.82, 2.24) is 10.2 Å². The van der Waals surface area contributed by atoms with Crippen molar-refractivity contribution in [2.45, 2.75) is 13.0 Å². The lowest BCUT2D eigenvalue weighted by molar-refractivity contribution is -0.136. The molecule has 2 amide bonds. The van der Waals surface area contributed by atoms with Gasteiger partial charge in [0.15, 0.2) is 0 Å². The van der Waals surface area contributed by atoms with Gasteiger partial charge in [0.2, 0.25) is 5.91 Å². The van der Waals surface area contributed by atoms with Gasteiger partial charge in [-0.15, -0.1) is 11.3 Å². The molecule has 7 heteroatoms. The third-order valence-corrected chi connectivity index (χ3v) is 5.46. The van der Waals surface area contributed by atoms with Gasteiger partial charge in [-0.1, -0.05) is 29.8 Å². The molecule has 1 saturated heterocycles. The van der Waals surface area contributed by atoms with Crippen molar-refractivity contribution in [2.24, 2.45) is 0 Å². The van der Waals surface area contributed by atoms with Crippen molar-refractivity contribution < 1.29 is 14.3 Å². The second kappa shape index (κ2) is 6.86. The summed E-state index contributed by atoms with van der Waals surface area (Å²) in [5.41, 5.74) is 0. The van der Waals surface area contributed by atoms with E-state index in [1.54, 1.807) is 11.8 Å². The van der Waals surface area contributed by atoms with Gasteiger partial charge in [0.25, 0.3) is 5.91 Å². The summed E-state index contributed by atoms with van der Waals surface area (Å²) in [7, 11) is 0. The number of thiophene rings is 1. The average molecular weight is 353 g/mol. The van der Waals surface area contributed by atoms with E-state index in [0.29, 0.717) is 36.2 Å². The Hall–Kier alpha value is -1.63. The van der Waals surface area contributed by atoms with E-state index in [1.807, 2.05) is 24.3 Å². The van der Waals surface area contributed by atoms with Crippen molar-refractivity contribution in [3.05, 3.63) is 34.2 Å². The lowest BCUT2D eigenvalue weighted by atomic mass is 10.2. The quantitative estimate of drug-likeness (QED) is 0.923. The van der Waals surface area contributed by atoms with E-state index in [4.69, 9.17) is 16.3 Å². The Morgan fingerprint density at radius 1 is 1.30 bits per heavy atom. The van der Waals surface area contributed by atoms with E-state index in [0.717, 1.165) is 10.1 Å². The van der Waals surface area contributed by atoms with Gasteiger partial charge < -0.3 is 15.0 Å². The number of halogens is 1. The first-order valence-electron chi connectivity index (χ1n) is 7.42. The summed E-state index contributed by atoms with van der Waals surface area (Å²) in [5, 5.41) is 4.05. The molecule has 5 nitrogen and oxygen atoms in total. The van der Waals surface area contributed by atoms with E-state index in [9.17, 15) is 9.59 Å². The summed E-state index contributed by atoms with van der Waals surface area (Å²) >= 11 is 7.63. The maximum Gasteiger partial charge on any atom is 0.263 e. The van der Waals surface area contributed by atoms with Gasteiger partial charge in [-0.3, -0.25) is 9.59 Å². The molecule has 23 heavy (non-hydrogen) atoms. The van der Waals surface area contributed by atoms with Crippen molar-refractivity contribution in [3.8, 4) is 0 Å². The molecule has 3 rings (SSSR count). The van der Waals surface area contributed by atoms with Crippen LogP contribution < -0.4 is 5.32 Å². The third kappa shape index (κ3) is 3.34. The fourth-order valence-corrected chi connectivity index (χ4v) is 3.96. The number of amides is 2. The molecule has 1 fully saturated rings. The highest BCUT2D eigenvalue weighted by molar-refractivity contribution is 7.21. The molecular formula is C16H17ClN2O3S. The SMILES string of the molecule is CC(NC(=O)c1sc2ccccc2c1Cl)C(=O)N1CCOCC1. The normalized spacial score (nSPS) is 16.3. The van der Waals surface area contributed by atoms with Crippen LogP contribution in [0.5, 0.6) is 0 Å². The number of carbonyl (C=O) groups is 2. The van der Waals surface area contributed by atoms with Crippen LogP contribution in [-0.4, -0.2) is 49.1 Å². The minimum atomic E-state index is -0.595. The second-order valence-corrected chi connectivity index (χ2v) is 6.80. The van der Waals surface area contributed by atoms with Gasteiger partial charge in [-0.2, -0.15) is 0 Å². The number of fused-ring (bicyclic) bond motifs is 1. The molecule has 0 bridgehead atoms. The van der Waals surface area contributed by atoms with Crippen LogP contribution >= 0.6 is 22.9 Å². The minimum absolute atomic E-state index is 0.0983. The molecule has 2 heterocycles. The fourth-order valence-electron chi connectivity index (χ4n) is 2.54. The summed E-state index contributed by atoms with van der Waals surface area (Å²) in [6, 6.07) is 6.99. The van der Waals surface area contributed by atoms with Crippen LogP contribution in [-0.2, 0) is 9.53 Å². The zero-order valence-corrected chi connectivity index (χ0v) is 14.2. The highest BCUT2D eigenvalue weighted by atomic mass is 35.5. The molecule has 1 atom stereocenters. The van der Waals surface area contributed by atoms with Gasteiger partial charge in [0, 0.05) is 23.2 Å². The molecule has 1 unspecified atom stereocenters. The van der Waals surface area contributed by atoms with Gasteiger partial charge >= 0.3 is 0 Å². The summed E-state index contributed by atoms with van der Waals surface area (Å²) < 4.78 is 6.19. The lowest BCUT2D eigenvalue weighted by Gasteiger charge is -2.29. The van der Waals surface area contributed by atoms with E-state index >= 15 is 0 Å². The lowest BCUT2D eigenvalue weighted by Crippen LogP contribution is -2.50. The zero-order valence-electron chi connectivity index (χ0n) is 12.7. The first kappa shape index (κ1) is 16.2. The Bertz CT molecular complexity index is 740. The van der Waals surface area contributed by atoms with E-state index in [2.05, 4.69) is 5.32 Å². The Morgan fingerprint density at radius 2 is 2.00 bits per heavy atom. The summed E-state index contributed by atoms with van der Waals surface area (Å²) in [5.74, 6) is -0.413. The maximum absolute atomic E-state index is 12.5. The maximum atomic E-state index is 12.5. The van der Waals surface area contributed by atoms with Crippen molar-refractivity contribution >= 4 is 44.8 Å². The van der Waals surface area contributed by atoms with Gasteiger partial charge in [-0.05, 0) is 13.0 Å². The Labute approximate surface area is 143 Å². The molecule has 0 saturated carbocycles. The predicted octanol–water partition coefficient (Wildman–Crippen LogP) is 2.53. The number of carbonyl (C=O) groups excluding carboxylic acids is 2. The van der Waals surface area contributed by atoms with E-state index < -0.39 is 6.04 Å². The van der Waals surface area contributed by atoms with Crippen molar-refractivity contribution in [2.75, 3.05) is 26.3 Å². The van der Waals surface area contributed by atoms with Crippen LogP contribution in [0.1, 0.15) is 16.6 Å². The van der Waals surface area contributed by atoms with Gasteiger partial charge in [0.05, 0.1) is 18.2 Å². The largest absolute Gasteiger partial charge is 0.378 e. The van der Waals surface area contributed by atoms with Crippen LogP contribution in [0.3, 0.4) is 0 Å². The van der Waals surface area contributed by atoms with E-state index in [1.165, 1.54) is 11.3 Å². The number of hydrogen-bond donors (Lipinski definition) is 1. The molecular weight excluding hydrogens is 336 g/mol. The molecule has 1 N–H and O–H groups in total. The minimum Gasteiger partial charge on any atom is -0.378 e. The summed E-state index contributed by atoms with van der Waals surface area (Å²) in [6.45, 7) is 3.88. The van der Waals surface area contributed by atoms with Crippen molar-refractivity contribution in [1.29, 1.82) is 0 Å². The van der Waals surface area contributed by atoms with Crippen molar-refractivity contribution in [3.63, 3.8) is 0 Å². The summed E-state index contributed by atoms with van der Waals surface area (Å²) in [4.78, 5) is 26.9. The number of nitrogens with zero attached hydrogens (tertiary/aromatic N) is 1.